The maximum Gasteiger partial charge on any atom is 0.261 e. The van der Waals surface area contributed by atoms with Gasteiger partial charge in [-0.05, 0) is 67.6 Å². The molecule has 0 aliphatic rings. The van der Waals surface area contributed by atoms with Crippen LogP contribution < -0.4 is 14.4 Å². The number of aryl methyl sites for hydroxylation is 2. The minimum atomic E-state index is -3.33. The van der Waals surface area contributed by atoms with Crippen molar-refractivity contribution in [2.24, 2.45) is 0 Å². The van der Waals surface area contributed by atoms with E-state index < -0.39 is 16.1 Å². The van der Waals surface area contributed by atoms with Crippen LogP contribution in [0.4, 0.5) is 5.69 Å². The minimum absolute atomic E-state index is 0.0831. The predicted octanol–water partition coefficient (Wildman–Crippen LogP) is 4.12. The van der Waals surface area contributed by atoms with Gasteiger partial charge in [0.1, 0.15) is 5.75 Å². The fourth-order valence-electron chi connectivity index (χ4n) is 3.08. The molecule has 0 saturated carbocycles. The highest BCUT2D eigenvalue weighted by Gasteiger charge is 2.22. The molecule has 30 heavy (non-hydrogen) atoms. The van der Waals surface area contributed by atoms with Crippen LogP contribution in [0.3, 0.4) is 0 Å². The Hall–Kier alpha value is -2.54. The summed E-state index contributed by atoms with van der Waals surface area (Å²) in [6.45, 7) is 8.07. The number of rotatable bonds is 9. The van der Waals surface area contributed by atoms with Crippen LogP contribution in [-0.4, -0.2) is 33.7 Å². The van der Waals surface area contributed by atoms with Gasteiger partial charge >= 0.3 is 0 Å². The van der Waals surface area contributed by atoms with Gasteiger partial charge in [0.15, 0.2) is 6.10 Å². The van der Waals surface area contributed by atoms with E-state index in [1.165, 1.54) is 22.5 Å². The van der Waals surface area contributed by atoms with Crippen LogP contribution in [0.1, 0.15) is 49.4 Å². The van der Waals surface area contributed by atoms with Crippen molar-refractivity contribution < 1.29 is 17.9 Å². The molecule has 7 heteroatoms. The summed E-state index contributed by atoms with van der Waals surface area (Å²) in [5.74, 6) is 0.349. The van der Waals surface area contributed by atoms with Crippen LogP contribution >= 0.6 is 0 Å². The monoisotopic (exact) mass is 432 g/mol. The molecule has 2 aromatic rings. The molecule has 6 nitrogen and oxygen atoms in total. The van der Waals surface area contributed by atoms with E-state index in [-0.39, 0.29) is 11.9 Å². The number of nitrogens with zero attached hydrogens (tertiary/aromatic N) is 1. The number of benzene rings is 2. The van der Waals surface area contributed by atoms with Gasteiger partial charge in [-0.25, -0.2) is 8.42 Å². The van der Waals surface area contributed by atoms with Crippen molar-refractivity contribution in [3.63, 3.8) is 0 Å². The molecule has 0 bridgehead atoms. The van der Waals surface area contributed by atoms with Gasteiger partial charge in [0.05, 0.1) is 18.0 Å². The fourth-order valence-corrected chi connectivity index (χ4v) is 3.58. The summed E-state index contributed by atoms with van der Waals surface area (Å²) in [4.78, 5) is 12.9. The van der Waals surface area contributed by atoms with Gasteiger partial charge in [0.2, 0.25) is 10.0 Å². The van der Waals surface area contributed by atoms with E-state index in [0.29, 0.717) is 17.9 Å². The first-order valence-corrected chi connectivity index (χ1v) is 12.0. The molecule has 0 radical (unpaired) electrons. The number of hydrogen-bond acceptors (Lipinski definition) is 4. The summed E-state index contributed by atoms with van der Waals surface area (Å²) < 4.78 is 30.4. The zero-order valence-electron chi connectivity index (χ0n) is 18.6. The number of nitrogens with one attached hydrogen (secondary N) is 1. The number of amides is 1. The highest BCUT2D eigenvalue weighted by Crippen LogP contribution is 2.23. The first kappa shape index (κ1) is 23.7. The summed E-state index contributed by atoms with van der Waals surface area (Å²) in [5.41, 5.74) is 4.03. The lowest BCUT2D eigenvalue weighted by molar-refractivity contribution is -0.128. The molecule has 0 aromatic heterocycles. The van der Waals surface area contributed by atoms with E-state index in [0.717, 1.165) is 18.2 Å². The van der Waals surface area contributed by atoms with Gasteiger partial charge < -0.3 is 10.1 Å². The number of carbonyl (C=O) groups is 1. The predicted molar refractivity (Wildman–Crippen MR) is 121 cm³/mol. The topological polar surface area (TPSA) is 75.7 Å². The molecule has 2 aromatic carbocycles. The van der Waals surface area contributed by atoms with Crippen LogP contribution in [0.5, 0.6) is 5.75 Å². The quantitative estimate of drug-likeness (QED) is 0.647. The molecule has 0 heterocycles. The maximum atomic E-state index is 12.9. The summed E-state index contributed by atoms with van der Waals surface area (Å²) in [5, 5.41) is 3.10. The van der Waals surface area contributed by atoms with E-state index in [4.69, 9.17) is 4.74 Å². The molecular formula is C23H32N2O4S. The Morgan fingerprint density at radius 1 is 1.03 bits per heavy atom. The van der Waals surface area contributed by atoms with Gasteiger partial charge in [0, 0.05) is 7.05 Å². The second-order valence-corrected chi connectivity index (χ2v) is 9.57. The van der Waals surface area contributed by atoms with Crippen molar-refractivity contribution in [2.75, 3.05) is 17.6 Å². The standard InChI is InChI=1S/C23H32N2O4S/c1-7-21(18-10-9-16(3)17(4)15-18)24-23(26)22(8-2)29-20-13-11-19(12-14-20)25(5)30(6,27)28/h9-15,21-22H,7-8H2,1-6H3,(H,24,26)/t21-,22+/m1/s1. The summed E-state index contributed by atoms with van der Waals surface area (Å²) in [7, 11) is -1.84. The molecule has 0 saturated heterocycles. The van der Waals surface area contributed by atoms with Crippen molar-refractivity contribution >= 4 is 21.6 Å². The molecule has 0 aliphatic carbocycles. The third-order valence-corrected chi connectivity index (χ3v) is 6.50. The van der Waals surface area contributed by atoms with Crippen molar-refractivity contribution in [1.82, 2.24) is 5.32 Å². The molecule has 2 rings (SSSR count). The molecule has 164 valence electrons. The number of anilines is 1. The zero-order chi connectivity index (χ0) is 22.5. The van der Waals surface area contributed by atoms with Crippen LogP contribution in [0.15, 0.2) is 42.5 Å². The lowest BCUT2D eigenvalue weighted by Gasteiger charge is -2.23. The van der Waals surface area contributed by atoms with Gasteiger partial charge in [0.25, 0.3) is 5.91 Å². The summed E-state index contributed by atoms with van der Waals surface area (Å²) in [6, 6.07) is 12.8. The molecule has 2 atom stereocenters. The van der Waals surface area contributed by atoms with Gasteiger partial charge in [-0.1, -0.05) is 32.0 Å². The third-order valence-electron chi connectivity index (χ3n) is 5.30. The average molecular weight is 433 g/mol. The van der Waals surface area contributed by atoms with Crippen LogP contribution in [0.2, 0.25) is 0 Å². The van der Waals surface area contributed by atoms with Gasteiger partial charge in [-0.3, -0.25) is 9.10 Å². The van der Waals surface area contributed by atoms with Crippen molar-refractivity contribution in [1.29, 1.82) is 0 Å². The highest BCUT2D eigenvalue weighted by atomic mass is 32.2. The Kier molecular flexibility index (Phi) is 7.89. The van der Waals surface area contributed by atoms with Gasteiger partial charge in [-0.15, -0.1) is 0 Å². The van der Waals surface area contributed by atoms with E-state index >= 15 is 0 Å². The lowest BCUT2D eigenvalue weighted by atomic mass is 9.99. The molecular weight excluding hydrogens is 400 g/mol. The second kappa shape index (κ2) is 9.98. The smallest absolute Gasteiger partial charge is 0.261 e. The van der Waals surface area contributed by atoms with Gasteiger partial charge in [-0.2, -0.15) is 0 Å². The van der Waals surface area contributed by atoms with Crippen molar-refractivity contribution in [2.45, 2.75) is 52.7 Å². The Bertz CT molecular complexity index is 971. The molecule has 0 spiro atoms. The Balaban J connectivity index is 2.09. The van der Waals surface area contributed by atoms with E-state index in [1.54, 1.807) is 24.3 Å². The van der Waals surface area contributed by atoms with E-state index in [1.807, 2.05) is 13.8 Å². The number of carbonyl (C=O) groups excluding carboxylic acids is 1. The largest absolute Gasteiger partial charge is 0.481 e. The second-order valence-electron chi connectivity index (χ2n) is 7.55. The normalized spacial score (nSPS) is 13.4. The molecule has 1 amide bonds. The molecule has 0 fully saturated rings. The Morgan fingerprint density at radius 2 is 1.67 bits per heavy atom. The minimum Gasteiger partial charge on any atom is -0.481 e. The number of sulfonamides is 1. The van der Waals surface area contributed by atoms with Crippen LogP contribution in [-0.2, 0) is 14.8 Å². The zero-order valence-corrected chi connectivity index (χ0v) is 19.4. The molecule has 1 N–H and O–H groups in total. The maximum absolute atomic E-state index is 12.9. The molecule has 0 unspecified atom stereocenters. The van der Waals surface area contributed by atoms with Crippen molar-refractivity contribution in [3.05, 3.63) is 59.2 Å². The number of hydrogen-bond donors (Lipinski definition) is 1. The molecule has 0 aliphatic heterocycles. The van der Waals surface area contributed by atoms with E-state index in [9.17, 15) is 13.2 Å². The lowest BCUT2D eigenvalue weighted by Crippen LogP contribution is -2.40. The highest BCUT2D eigenvalue weighted by molar-refractivity contribution is 7.92. The van der Waals surface area contributed by atoms with Crippen LogP contribution in [0, 0.1) is 13.8 Å². The van der Waals surface area contributed by atoms with Crippen molar-refractivity contribution in [3.8, 4) is 5.75 Å². The fraction of sp³-hybridized carbons (Fsp3) is 0.435. The Labute approximate surface area is 180 Å². The first-order valence-electron chi connectivity index (χ1n) is 10.1. The third kappa shape index (κ3) is 5.98. The summed E-state index contributed by atoms with van der Waals surface area (Å²) >= 11 is 0. The van der Waals surface area contributed by atoms with E-state index in [2.05, 4.69) is 37.4 Å². The average Bonchev–Trinajstić information content (AvgIpc) is 2.71. The summed E-state index contributed by atoms with van der Waals surface area (Å²) in [6.07, 6.45) is 1.80. The van der Waals surface area contributed by atoms with Crippen LogP contribution in [0.25, 0.3) is 0 Å². The Morgan fingerprint density at radius 3 is 2.17 bits per heavy atom. The SMILES string of the molecule is CC[C@H](Oc1ccc(N(C)S(C)(=O)=O)cc1)C(=O)N[C@H](CC)c1ccc(C)c(C)c1. The number of ether oxygens (including phenoxy) is 1. The first-order chi connectivity index (χ1) is 14.1.